The molecule has 1 heterocycles. The topological polar surface area (TPSA) is 29.5 Å². The molecule has 0 radical (unpaired) electrons. The number of carbonyl (C=O) groups is 1. The molecule has 0 spiro atoms. The molecule has 0 aromatic heterocycles. The standard InChI is InChI=1S/C11H20ClNO2/c1-11(2,3)15-10(14)13-7-5-4-6-9(13)8-12/h9H,4-8H2,1-3H3/t9-/m1/s1. The molecule has 0 aliphatic carbocycles. The number of alkyl halides is 1. The van der Waals surface area contributed by atoms with Gasteiger partial charge in [-0.05, 0) is 40.0 Å². The monoisotopic (exact) mass is 233 g/mol. The number of hydrogen-bond donors (Lipinski definition) is 0. The third kappa shape index (κ3) is 3.90. The Labute approximate surface area is 96.7 Å². The molecule has 0 aromatic carbocycles. The average molecular weight is 234 g/mol. The second-order valence-electron chi connectivity index (χ2n) is 4.98. The molecule has 4 heteroatoms. The van der Waals surface area contributed by atoms with Crippen molar-refractivity contribution in [1.82, 2.24) is 4.90 Å². The fourth-order valence-corrected chi connectivity index (χ4v) is 2.04. The molecular weight excluding hydrogens is 214 g/mol. The van der Waals surface area contributed by atoms with Crippen LogP contribution in [0.5, 0.6) is 0 Å². The minimum absolute atomic E-state index is 0.148. The molecule has 0 unspecified atom stereocenters. The van der Waals surface area contributed by atoms with Gasteiger partial charge in [-0.1, -0.05) is 0 Å². The van der Waals surface area contributed by atoms with Crippen LogP contribution in [0.2, 0.25) is 0 Å². The van der Waals surface area contributed by atoms with Gasteiger partial charge in [-0.2, -0.15) is 0 Å². The minimum atomic E-state index is -0.425. The number of piperidine rings is 1. The van der Waals surface area contributed by atoms with E-state index >= 15 is 0 Å². The Morgan fingerprint density at radius 2 is 2.13 bits per heavy atom. The Kier molecular flexibility index (Phi) is 4.26. The lowest BCUT2D eigenvalue weighted by Crippen LogP contribution is -2.46. The summed E-state index contributed by atoms with van der Waals surface area (Å²) in [5.41, 5.74) is -0.425. The van der Waals surface area contributed by atoms with Crippen LogP contribution in [-0.2, 0) is 4.74 Å². The first-order valence-corrected chi connectivity index (χ1v) is 6.03. The zero-order valence-electron chi connectivity index (χ0n) is 9.75. The Morgan fingerprint density at radius 3 is 2.67 bits per heavy atom. The van der Waals surface area contributed by atoms with Gasteiger partial charge in [0.1, 0.15) is 5.60 Å². The summed E-state index contributed by atoms with van der Waals surface area (Å²) in [6, 6.07) is 0.148. The Bertz CT molecular complexity index is 225. The summed E-state index contributed by atoms with van der Waals surface area (Å²) in [7, 11) is 0. The van der Waals surface area contributed by atoms with E-state index < -0.39 is 5.60 Å². The van der Waals surface area contributed by atoms with Gasteiger partial charge < -0.3 is 9.64 Å². The zero-order chi connectivity index (χ0) is 11.5. The SMILES string of the molecule is CC(C)(C)OC(=O)N1CCCC[C@@H]1CCl. The maximum atomic E-state index is 11.8. The molecule has 0 bridgehead atoms. The maximum Gasteiger partial charge on any atom is 0.410 e. The van der Waals surface area contributed by atoms with E-state index in [1.165, 1.54) is 0 Å². The van der Waals surface area contributed by atoms with Crippen molar-refractivity contribution in [2.45, 2.75) is 51.7 Å². The minimum Gasteiger partial charge on any atom is -0.444 e. The van der Waals surface area contributed by atoms with Crippen molar-refractivity contribution in [2.24, 2.45) is 0 Å². The van der Waals surface area contributed by atoms with Crippen LogP contribution in [0, 0.1) is 0 Å². The van der Waals surface area contributed by atoms with Crippen LogP contribution < -0.4 is 0 Å². The number of halogens is 1. The third-order valence-electron chi connectivity index (χ3n) is 2.43. The molecule has 88 valence electrons. The number of amides is 1. The normalized spacial score (nSPS) is 22.7. The molecule has 15 heavy (non-hydrogen) atoms. The first-order chi connectivity index (χ1) is 6.94. The first-order valence-electron chi connectivity index (χ1n) is 5.49. The molecule has 1 fully saturated rings. The number of likely N-dealkylation sites (tertiary alicyclic amines) is 1. The van der Waals surface area contributed by atoms with Gasteiger partial charge in [-0.3, -0.25) is 0 Å². The van der Waals surface area contributed by atoms with E-state index in [2.05, 4.69) is 0 Å². The summed E-state index contributed by atoms with van der Waals surface area (Å²) in [6.07, 6.45) is 2.96. The van der Waals surface area contributed by atoms with Gasteiger partial charge in [-0.25, -0.2) is 4.79 Å². The molecule has 1 aliphatic rings. The summed E-state index contributed by atoms with van der Waals surface area (Å²) < 4.78 is 5.34. The van der Waals surface area contributed by atoms with Crippen molar-refractivity contribution in [3.63, 3.8) is 0 Å². The number of ether oxygens (including phenoxy) is 1. The molecule has 1 atom stereocenters. The molecule has 1 saturated heterocycles. The van der Waals surface area contributed by atoms with Crippen LogP contribution in [-0.4, -0.2) is 35.1 Å². The van der Waals surface area contributed by atoms with E-state index in [4.69, 9.17) is 16.3 Å². The van der Waals surface area contributed by atoms with E-state index in [0.717, 1.165) is 25.8 Å². The molecule has 0 saturated carbocycles. The van der Waals surface area contributed by atoms with Crippen LogP contribution in [0.3, 0.4) is 0 Å². The summed E-state index contributed by atoms with van der Waals surface area (Å²) in [5, 5.41) is 0. The average Bonchev–Trinajstić information content (AvgIpc) is 2.15. The molecular formula is C11H20ClNO2. The number of hydrogen-bond acceptors (Lipinski definition) is 2. The molecule has 1 amide bonds. The van der Waals surface area contributed by atoms with E-state index in [1.807, 2.05) is 20.8 Å². The lowest BCUT2D eigenvalue weighted by Gasteiger charge is -2.35. The predicted molar refractivity (Wildman–Crippen MR) is 61.3 cm³/mol. The van der Waals surface area contributed by atoms with Gasteiger partial charge >= 0.3 is 6.09 Å². The van der Waals surface area contributed by atoms with Crippen molar-refractivity contribution < 1.29 is 9.53 Å². The largest absolute Gasteiger partial charge is 0.444 e. The van der Waals surface area contributed by atoms with Crippen LogP contribution >= 0.6 is 11.6 Å². The predicted octanol–water partition coefficient (Wildman–Crippen LogP) is 3.01. The zero-order valence-corrected chi connectivity index (χ0v) is 10.5. The van der Waals surface area contributed by atoms with E-state index in [-0.39, 0.29) is 12.1 Å². The first kappa shape index (κ1) is 12.6. The fraction of sp³-hybridized carbons (Fsp3) is 0.909. The molecule has 0 N–H and O–H groups in total. The summed E-state index contributed by atoms with van der Waals surface area (Å²) in [6.45, 7) is 6.41. The molecule has 3 nitrogen and oxygen atoms in total. The van der Waals surface area contributed by atoms with E-state index in [9.17, 15) is 4.79 Å². The van der Waals surface area contributed by atoms with Crippen molar-refractivity contribution in [3.8, 4) is 0 Å². The summed E-state index contributed by atoms with van der Waals surface area (Å²) in [5.74, 6) is 0.499. The molecule has 0 aromatic rings. The van der Waals surface area contributed by atoms with Gasteiger partial charge in [-0.15, -0.1) is 11.6 Å². The molecule has 1 rings (SSSR count). The van der Waals surface area contributed by atoms with Gasteiger partial charge in [0.15, 0.2) is 0 Å². The van der Waals surface area contributed by atoms with E-state index in [1.54, 1.807) is 4.90 Å². The van der Waals surface area contributed by atoms with Gasteiger partial charge in [0.25, 0.3) is 0 Å². The summed E-state index contributed by atoms with van der Waals surface area (Å²) >= 11 is 5.84. The second-order valence-corrected chi connectivity index (χ2v) is 5.29. The molecule has 1 aliphatic heterocycles. The van der Waals surface area contributed by atoms with Gasteiger partial charge in [0.05, 0.1) is 0 Å². The van der Waals surface area contributed by atoms with Crippen molar-refractivity contribution in [2.75, 3.05) is 12.4 Å². The highest BCUT2D eigenvalue weighted by molar-refractivity contribution is 6.18. The smallest absolute Gasteiger partial charge is 0.410 e. The maximum absolute atomic E-state index is 11.8. The second kappa shape index (κ2) is 5.06. The highest BCUT2D eigenvalue weighted by atomic mass is 35.5. The van der Waals surface area contributed by atoms with Crippen molar-refractivity contribution in [3.05, 3.63) is 0 Å². The highest BCUT2D eigenvalue weighted by Gasteiger charge is 2.29. The van der Waals surface area contributed by atoms with Crippen molar-refractivity contribution in [1.29, 1.82) is 0 Å². The fourth-order valence-electron chi connectivity index (χ4n) is 1.72. The van der Waals surface area contributed by atoms with Gasteiger partial charge in [0, 0.05) is 18.5 Å². The lowest BCUT2D eigenvalue weighted by molar-refractivity contribution is 0.0124. The number of rotatable bonds is 1. The van der Waals surface area contributed by atoms with Crippen LogP contribution in [0.25, 0.3) is 0 Å². The highest BCUT2D eigenvalue weighted by Crippen LogP contribution is 2.20. The van der Waals surface area contributed by atoms with E-state index in [0.29, 0.717) is 5.88 Å². The van der Waals surface area contributed by atoms with Crippen LogP contribution in [0.15, 0.2) is 0 Å². The summed E-state index contributed by atoms with van der Waals surface area (Å²) in [4.78, 5) is 13.6. The Hall–Kier alpha value is -0.440. The number of carbonyl (C=O) groups excluding carboxylic acids is 1. The quantitative estimate of drug-likeness (QED) is 0.652. The Morgan fingerprint density at radius 1 is 1.47 bits per heavy atom. The van der Waals surface area contributed by atoms with Crippen molar-refractivity contribution >= 4 is 17.7 Å². The lowest BCUT2D eigenvalue weighted by atomic mass is 10.0. The third-order valence-corrected chi connectivity index (χ3v) is 2.79. The van der Waals surface area contributed by atoms with Crippen LogP contribution in [0.1, 0.15) is 40.0 Å². The van der Waals surface area contributed by atoms with Crippen LogP contribution in [0.4, 0.5) is 4.79 Å². The Balaban J connectivity index is 2.56. The number of nitrogens with zero attached hydrogens (tertiary/aromatic N) is 1. The van der Waals surface area contributed by atoms with Gasteiger partial charge in [0.2, 0.25) is 0 Å².